The van der Waals surface area contributed by atoms with E-state index in [9.17, 15) is 9.59 Å². The fourth-order valence-electron chi connectivity index (χ4n) is 0.941. The van der Waals surface area contributed by atoms with Crippen LogP contribution in [-0.4, -0.2) is 14.9 Å². The molecule has 5 heteroatoms. The van der Waals surface area contributed by atoms with Gasteiger partial charge in [0.15, 0.2) is 0 Å². The Hall–Kier alpha value is -1.52. The summed E-state index contributed by atoms with van der Waals surface area (Å²) in [4.78, 5) is 24.0. The van der Waals surface area contributed by atoms with Gasteiger partial charge in [-0.1, -0.05) is 18.1 Å². The van der Waals surface area contributed by atoms with Gasteiger partial charge in [0.25, 0.3) is 5.56 Å². The van der Waals surface area contributed by atoms with Crippen molar-refractivity contribution in [3.8, 4) is 0 Å². The SMILES string of the molecule is CCCc1cc(=O)n(O)c(=O)[nH]1. The van der Waals surface area contributed by atoms with Crippen molar-refractivity contribution < 1.29 is 5.21 Å². The summed E-state index contributed by atoms with van der Waals surface area (Å²) in [6.07, 6.45) is 1.47. The Labute approximate surface area is 68.2 Å². The number of hydrogen-bond donors (Lipinski definition) is 2. The predicted octanol–water partition coefficient (Wildman–Crippen LogP) is -0.274. The van der Waals surface area contributed by atoms with Crippen molar-refractivity contribution in [2.24, 2.45) is 0 Å². The van der Waals surface area contributed by atoms with Crippen molar-refractivity contribution in [3.05, 3.63) is 32.6 Å². The van der Waals surface area contributed by atoms with E-state index in [0.29, 0.717) is 12.1 Å². The van der Waals surface area contributed by atoms with Gasteiger partial charge in [-0.05, 0) is 6.42 Å². The summed E-state index contributed by atoms with van der Waals surface area (Å²) < 4.78 is 0.0547. The topological polar surface area (TPSA) is 75.1 Å². The summed E-state index contributed by atoms with van der Waals surface area (Å²) >= 11 is 0. The molecule has 0 radical (unpaired) electrons. The van der Waals surface area contributed by atoms with Crippen LogP contribution in [0.2, 0.25) is 0 Å². The molecule has 0 fully saturated rings. The zero-order chi connectivity index (χ0) is 9.14. The second kappa shape index (κ2) is 3.25. The van der Waals surface area contributed by atoms with Crippen molar-refractivity contribution in [2.75, 3.05) is 0 Å². The first-order chi connectivity index (χ1) is 5.65. The van der Waals surface area contributed by atoms with E-state index < -0.39 is 11.2 Å². The Kier molecular flexibility index (Phi) is 2.32. The van der Waals surface area contributed by atoms with E-state index in [4.69, 9.17) is 5.21 Å². The minimum Gasteiger partial charge on any atom is -0.421 e. The van der Waals surface area contributed by atoms with Crippen molar-refractivity contribution in [1.82, 2.24) is 9.71 Å². The Balaban J connectivity index is 3.22. The van der Waals surface area contributed by atoms with Gasteiger partial charge in [-0.15, -0.1) is 0 Å². The predicted molar refractivity (Wildman–Crippen MR) is 42.5 cm³/mol. The second-order valence-corrected chi connectivity index (χ2v) is 2.50. The number of nitrogens with zero attached hydrogens (tertiary/aromatic N) is 1. The summed E-state index contributed by atoms with van der Waals surface area (Å²) in [6, 6.07) is 1.21. The molecule has 1 heterocycles. The van der Waals surface area contributed by atoms with Crippen LogP contribution in [0.15, 0.2) is 15.7 Å². The molecule has 0 saturated heterocycles. The van der Waals surface area contributed by atoms with Crippen molar-refractivity contribution in [3.63, 3.8) is 0 Å². The lowest BCUT2D eigenvalue weighted by atomic mass is 10.2. The van der Waals surface area contributed by atoms with Gasteiger partial charge in [0, 0.05) is 11.8 Å². The first kappa shape index (κ1) is 8.58. The summed E-state index contributed by atoms with van der Waals surface area (Å²) in [7, 11) is 0. The number of aromatic nitrogens is 2. The minimum absolute atomic E-state index is 0.0547. The largest absolute Gasteiger partial charge is 0.421 e. The highest BCUT2D eigenvalue weighted by molar-refractivity contribution is 4.98. The maximum atomic E-state index is 10.8. The lowest BCUT2D eigenvalue weighted by Crippen LogP contribution is -2.33. The third-order valence-electron chi connectivity index (χ3n) is 1.49. The Morgan fingerprint density at radius 2 is 2.25 bits per heavy atom. The molecular weight excluding hydrogens is 160 g/mol. The van der Waals surface area contributed by atoms with Crippen LogP contribution < -0.4 is 11.2 Å². The first-order valence-electron chi connectivity index (χ1n) is 3.69. The van der Waals surface area contributed by atoms with E-state index in [-0.39, 0.29) is 4.73 Å². The van der Waals surface area contributed by atoms with Gasteiger partial charge in [0.1, 0.15) is 0 Å². The van der Waals surface area contributed by atoms with Crippen LogP contribution >= 0.6 is 0 Å². The molecule has 0 aromatic carbocycles. The van der Waals surface area contributed by atoms with Crippen molar-refractivity contribution in [2.45, 2.75) is 19.8 Å². The molecule has 12 heavy (non-hydrogen) atoms. The molecule has 0 atom stereocenters. The molecule has 66 valence electrons. The Morgan fingerprint density at radius 3 is 2.75 bits per heavy atom. The van der Waals surface area contributed by atoms with Crippen LogP contribution in [0.5, 0.6) is 0 Å². The van der Waals surface area contributed by atoms with Gasteiger partial charge < -0.3 is 10.2 Å². The lowest BCUT2D eigenvalue weighted by Gasteiger charge is -1.98. The third-order valence-corrected chi connectivity index (χ3v) is 1.49. The van der Waals surface area contributed by atoms with Crippen LogP contribution in [0.3, 0.4) is 0 Å². The molecule has 5 nitrogen and oxygen atoms in total. The number of aromatic amines is 1. The normalized spacial score (nSPS) is 10.1. The molecule has 0 aliphatic rings. The molecule has 0 aliphatic carbocycles. The van der Waals surface area contributed by atoms with E-state index in [0.717, 1.165) is 6.42 Å². The number of H-pyrrole nitrogens is 1. The molecular formula is C7H10N2O3. The Bertz CT molecular complexity index is 346. The smallest absolute Gasteiger partial charge is 0.362 e. The van der Waals surface area contributed by atoms with Gasteiger partial charge in [0.05, 0.1) is 0 Å². The summed E-state index contributed by atoms with van der Waals surface area (Å²) in [6.45, 7) is 1.93. The first-order valence-corrected chi connectivity index (χ1v) is 3.69. The number of nitrogens with one attached hydrogen (secondary N) is 1. The van der Waals surface area contributed by atoms with Gasteiger partial charge >= 0.3 is 5.69 Å². The molecule has 2 N–H and O–H groups in total. The quantitative estimate of drug-likeness (QED) is 0.600. The highest BCUT2D eigenvalue weighted by Gasteiger charge is 2.00. The second-order valence-electron chi connectivity index (χ2n) is 2.50. The van der Waals surface area contributed by atoms with Gasteiger partial charge in [-0.3, -0.25) is 4.79 Å². The van der Waals surface area contributed by atoms with Gasteiger partial charge in [-0.2, -0.15) is 0 Å². The fraction of sp³-hybridized carbons (Fsp3) is 0.429. The van der Waals surface area contributed by atoms with Crippen LogP contribution in [0.4, 0.5) is 0 Å². The molecule has 0 spiro atoms. The maximum absolute atomic E-state index is 10.8. The summed E-state index contributed by atoms with van der Waals surface area (Å²) in [5.41, 5.74) is -0.925. The van der Waals surface area contributed by atoms with Crippen molar-refractivity contribution >= 4 is 0 Å². The molecule has 0 aliphatic heterocycles. The summed E-state index contributed by atoms with van der Waals surface area (Å²) in [5.74, 6) is 0. The molecule has 1 rings (SSSR count). The molecule has 1 aromatic heterocycles. The van der Waals surface area contributed by atoms with E-state index in [1.807, 2.05) is 6.92 Å². The van der Waals surface area contributed by atoms with Gasteiger partial charge in [0.2, 0.25) is 0 Å². The third kappa shape index (κ3) is 1.55. The average molecular weight is 170 g/mol. The standard InChI is InChI=1S/C7H10N2O3/c1-2-3-5-4-6(10)9(12)7(11)8-5/h4,12H,2-3H2,1H3,(H,8,11). The highest BCUT2D eigenvalue weighted by Crippen LogP contribution is 1.90. The summed E-state index contributed by atoms with van der Waals surface area (Å²) in [5, 5.41) is 8.76. The fourth-order valence-corrected chi connectivity index (χ4v) is 0.941. The van der Waals surface area contributed by atoms with E-state index in [1.54, 1.807) is 0 Å². The van der Waals surface area contributed by atoms with Crippen LogP contribution in [0, 0.1) is 0 Å². The van der Waals surface area contributed by atoms with E-state index >= 15 is 0 Å². The Morgan fingerprint density at radius 1 is 1.58 bits per heavy atom. The number of rotatable bonds is 2. The zero-order valence-corrected chi connectivity index (χ0v) is 6.70. The molecule has 0 amide bonds. The minimum atomic E-state index is -0.786. The van der Waals surface area contributed by atoms with Crippen LogP contribution in [0.1, 0.15) is 19.0 Å². The van der Waals surface area contributed by atoms with Gasteiger partial charge in [-0.25, -0.2) is 4.79 Å². The monoisotopic (exact) mass is 170 g/mol. The van der Waals surface area contributed by atoms with Crippen LogP contribution in [-0.2, 0) is 6.42 Å². The molecule has 0 saturated carbocycles. The van der Waals surface area contributed by atoms with Crippen LogP contribution in [0.25, 0.3) is 0 Å². The van der Waals surface area contributed by atoms with Crippen molar-refractivity contribution in [1.29, 1.82) is 0 Å². The molecule has 0 bridgehead atoms. The zero-order valence-electron chi connectivity index (χ0n) is 6.70. The lowest BCUT2D eigenvalue weighted by molar-refractivity contribution is 0.160. The highest BCUT2D eigenvalue weighted by atomic mass is 16.5. The van der Waals surface area contributed by atoms with E-state index in [2.05, 4.69) is 4.98 Å². The number of aryl methyl sites for hydroxylation is 1. The average Bonchev–Trinajstić information content (AvgIpc) is 2.01. The molecule has 1 aromatic rings. The van der Waals surface area contributed by atoms with E-state index in [1.165, 1.54) is 6.07 Å². The molecule has 0 unspecified atom stereocenters. The number of hydrogen-bond acceptors (Lipinski definition) is 3. The maximum Gasteiger partial charge on any atom is 0.362 e.